The molecule has 0 bridgehead atoms. The van der Waals surface area contributed by atoms with E-state index < -0.39 is 6.10 Å². The van der Waals surface area contributed by atoms with Crippen LogP contribution in [0.15, 0.2) is 18.3 Å². The van der Waals surface area contributed by atoms with Crippen molar-refractivity contribution < 1.29 is 9.90 Å². The van der Waals surface area contributed by atoms with Gasteiger partial charge in [-0.05, 0) is 18.6 Å². The van der Waals surface area contributed by atoms with Crippen molar-refractivity contribution in [1.82, 2.24) is 9.88 Å². The van der Waals surface area contributed by atoms with Crippen LogP contribution in [0.25, 0.3) is 0 Å². The highest BCUT2D eigenvalue weighted by atomic mass is 16.3. The number of nitrogen functional groups attached to an aromatic ring is 1. The Morgan fingerprint density at radius 2 is 2.44 bits per heavy atom. The topological polar surface area (TPSA) is 91.5 Å². The second-order valence-corrected chi connectivity index (χ2v) is 3.77. The molecule has 2 rings (SSSR count). The number of rotatable bonds is 2. The summed E-state index contributed by atoms with van der Waals surface area (Å²) in [6, 6.07) is 3.30. The molecule has 1 aromatic heterocycles. The highest BCUT2D eigenvalue weighted by molar-refractivity contribution is 5.94. The predicted molar refractivity (Wildman–Crippen MR) is 58.6 cm³/mol. The van der Waals surface area contributed by atoms with E-state index in [0.717, 1.165) is 0 Å². The Bertz CT molecular complexity index is 379. The van der Waals surface area contributed by atoms with E-state index >= 15 is 0 Å². The van der Waals surface area contributed by atoms with Gasteiger partial charge in [-0.15, -0.1) is 0 Å². The predicted octanol–water partition coefficient (Wildman–Crippen LogP) is -0.426. The number of likely N-dealkylation sites (tertiary alicyclic amines) is 1. The minimum absolute atomic E-state index is 0.104. The Hall–Kier alpha value is -1.66. The van der Waals surface area contributed by atoms with Crippen LogP contribution < -0.4 is 11.3 Å². The zero-order valence-corrected chi connectivity index (χ0v) is 8.76. The molecule has 1 fully saturated rings. The molecule has 0 radical (unpaired) electrons. The Morgan fingerprint density at radius 1 is 1.62 bits per heavy atom. The molecule has 1 aromatic rings. The van der Waals surface area contributed by atoms with Gasteiger partial charge in [0.25, 0.3) is 5.91 Å². The number of aliphatic hydroxyl groups excluding tert-OH is 1. The minimum atomic E-state index is -0.401. The molecule has 0 aliphatic carbocycles. The molecule has 1 aliphatic heterocycles. The van der Waals surface area contributed by atoms with E-state index in [1.807, 2.05) is 0 Å². The average molecular weight is 222 g/mol. The van der Waals surface area contributed by atoms with Crippen LogP contribution in [-0.4, -0.2) is 40.1 Å². The van der Waals surface area contributed by atoms with E-state index in [1.165, 1.54) is 6.20 Å². The molecule has 6 heteroatoms. The number of hydrogen-bond acceptors (Lipinski definition) is 5. The molecule has 2 heterocycles. The molecule has 1 atom stereocenters. The van der Waals surface area contributed by atoms with Gasteiger partial charge in [0.2, 0.25) is 0 Å². The van der Waals surface area contributed by atoms with Crippen LogP contribution in [0.5, 0.6) is 0 Å². The van der Waals surface area contributed by atoms with Crippen LogP contribution in [0.2, 0.25) is 0 Å². The van der Waals surface area contributed by atoms with Gasteiger partial charge in [0.05, 0.1) is 11.7 Å². The van der Waals surface area contributed by atoms with Gasteiger partial charge in [-0.25, -0.2) is 10.8 Å². The number of nitrogens with two attached hydrogens (primary N) is 1. The fourth-order valence-electron chi connectivity index (χ4n) is 1.71. The molecule has 0 spiro atoms. The molecule has 86 valence electrons. The summed E-state index contributed by atoms with van der Waals surface area (Å²) in [4.78, 5) is 17.5. The van der Waals surface area contributed by atoms with Crippen LogP contribution in [0, 0.1) is 0 Å². The molecular weight excluding hydrogens is 208 g/mol. The van der Waals surface area contributed by atoms with Crippen molar-refractivity contribution in [2.75, 3.05) is 18.5 Å². The molecule has 16 heavy (non-hydrogen) atoms. The quantitative estimate of drug-likeness (QED) is 0.466. The van der Waals surface area contributed by atoms with Crippen molar-refractivity contribution in [3.63, 3.8) is 0 Å². The summed E-state index contributed by atoms with van der Waals surface area (Å²) in [5, 5.41) is 9.34. The monoisotopic (exact) mass is 222 g/mol. The van der Waals surface area contributed by atoms with Crippen molar-refractivity contribution in [2.45, 2.75) is 12.5 Å². The number of amides is 1. The Labute approximate surface area is 93.0 Å². The number of β-amino-alcohol motifs (C(OH)–C–C–N with tert-alkyl or cyclic N) is 1. The molecule has 0 aromatic carbocycles. The fraction of sp³-hybridized carbons (Fsp3) is 0.400. The number of aliphatic hydroxyl groups is 1. The lowest BCUT2D eigenvalue weighted by Crippen LogP contribution is -2.29. The van der Waals surface area contributed by atoms with Crippen LogP contribution in [0.3, 0.4) is 0 Å². The normalized spacial score (nSPS) is 19.9. The third kappa shape index (κ3) is 2.12. The van der Waals surface area contributed by atoms with Gasteiger partial charge < -0.3 is 15.4 Å². The number of nitrogens with zero attached hydrogens (tertiary/aromatic N) is 2. The lowest BCUT2D eigenvalue weighted by atomic mass is 10.2. The number of pyridine rings is 1. The van der Waals surface area contributed by atoms with E-state index in [-0.39, 0.29) is 5.91 Å². The van der Waals surface area contributed by atoms with E-state index in [4.69, 9.17) is 5.84 Å². The summed E-state index contributed by atoms with van der Waals surface area (Å²) in [5.41, 5.74) is 2.90. The maximum atomic E-state index is 11.9. The van der Waals surface area contributed by atoms with Crippen molar-refractivity contribution in [3.8, 4) is 0 Å². The molecular formula is C10H14N4O2. The summed E-state index contributed by atoms with van der Waals surface area (Å²) >= 11 is 0. The number of hydrazine groups is 1. The van der Waals surface area contributed by atoms with Crippen molar-refractivity contribution in [2.24, 2.45) is 5.84 Å². The fourth-order valence-corrected chi connectivity index (χ4v) is 1.71. The van der Waals surface area contributed by atoms with Gasteiger partial charge in [-0.1, -0.05) is 0 Å². The zero-order chi connectivity index (χ0) is 11.5. The van der Waals surface area contributed by atoms with Gasteiger partial charge in [0.1, 0.15) is 5.82 Å². The molecule has 1 aliphatic rings. The first-order chi connectivity index (χ1) is 7.70. The number of nitrogens with one attached hydrogen (secondary N) is 1. The standard InChI is InChI=1S/C10H14N4O2/c11-13-9-2-1-7(5-12-9)10(16)14-4-3-8(15)6-14/h1-2,5,8,15H,3-4,6,11H2,(H,12,13). The molecule has 4 N–H and O–H groups in total. The molecule has 0 saturated carbocycles. The van der Waals surface area contributed by atoms with Crippen molar-refractivity contribution in [3.05, 3.63) is 23.9 Å². The smallest absolute Gasteiger partial charge is 0.255 e. The third-order valence-electron chi connectivity index (χ3n) is 2.61. The number of anilines is 1. The third-order valence-corrected chi connectivity index (χ3v) is 2.61. The van der Waals surface area contributed by atoms with Crippen LogP contribution in [-0.2, 0) is 0 Å². The Balaban J connectivity index is 2.08. The summed E-state index contributed by atoms with van der Waals surface area (Å²) in [6.07, 6.45) is 1.71. The van der Waals surface area contributed by atoms with Gasteiger partial charge in [0, 0.05) is 19.3 Å². The molecule has 1 saturated heterocycles. The first-order valence-electron chi connectivity index (χ1n) is 5.10. The van der Waals surface area contributed by atoms with Crippen molar-refractivity contribution in [1.29, 1.82) is 0 Å². The zero-order valence-electron chi connectivity index (χ0n) is 8.76. The lowest BCUT2D eigenvalue weighted by Gasteiger charge is -2.15. The molecule has 1 unspecified atom stereocenters. The highest BCUT2D eigenvalue weighted by Crippen LogP contribution is 2.13. The van der Waals surface area contributed by atoms with Crippen LogP contribution >= 0.6 is 0 Å². The Morgan fingerprint density at radius 3 is 2.94 bits per heavy atom. The lowest BCUT2D eigenvalue weighted by molar-refractivity contribution is 0.0764. The Kier molecular flexibility index (Phi) is 3.02. The first-order valence-corrected chi connectivity index (χ1v) is 5.10. The van der Waals surface area contributed by atoms with Gasteiger partial charge in [0.15, 0.2) is 0 Å². The maximum absolute atomic E-state index is 11.9. The van der Waals surface area contributed by atoms with E-state index in [1.54, 1.807) is 17.0 Å². The van der Waals surface area contributed by atoms with E-state index in [2.05, 4.69) is 10.4 Å². The largest absolute Gasteiger partial charge is 0.391 e. The number of aromatic nitrogens is 1. The molecule has 1 amide bonds. The molecule has 6 nitrogen and oxygen atoms in total. The van der Waals surface area contributed by atoms with Gasteiger partial charge in [-0.2, -0.15) is 0 Å². The maximum Gasteiger partial charge on any atom is 0.255 e. The second-order valence-electron chi connectivity index (χ2n) is 3.77. The van der Waals surface area contributed by atoms with Crippen LogP contribution in [0.1, 0.15) is 16.8 Å². The summed E-state index contributed by atoms with van der Waals surface area (Å²) in [5.74, 6) is 5.58. The number of hydrogen-bond donors (Lipinski definition) is 3. The summed E-state index contributed by atoms with van der Waals surface area (Å²) in [6.45, 7) is 0.993. The van der Waals surface area contributed by atoms with Gasteiger partial charge in [-0.3, -0.25) is 4.79 Å². The van der Waals surface area contributed by atoms with Gasteiger partial charge >= 0.3 is 0 Å². The first kappa shape index (κ1) is 10.8. The number of carbonyl (C=O) groups excluding carboxylic acids is 1. The average Bonchev–Trinajstić information content (AvgIpc) is 2.75. The second kappa shape index (κ2) is 4.46. The summed E-state index contributed by atoms with van der Waals surface area (Å²) < 4.78 is 0. The van der Waals surface area contributed by atoms with E-state index in [9.17, 15) is 9.90 Å². The van der Waals surface area contributed by atoms with E-state index in [0.29, 0.717) is 30.9 Å². The number of carbonyl (C=O) groups is 1. The summed E-state index contributed by atoms with van der Waals surface area (Å²) in [7, 11) is 0. The highest BCUT2D eigenvalue weighted by Gasteiger charge is 2.25. The van der Waals surface area contributed by atoms with Crippen LogP contribution in [0.4, 0.5) is 5.82 Å². The van der Waals surface area contributed by atoms with Crippen molar-refractivity contribution >= 4 is 11.7 Å². The minimum Gasteiger partial charge on any atom is -0.391 e. The SMILES string of the molecule is NNc1ccc(C(=O)N2CCC(O)C2)cn1.